The lowest BCUT2D eigenvalue weighted by atomic mass is 10.1. The van der Waals surface area contributed by atoms with Gasteiger partial charge in [-0.25, -0.2) is 18.4 Å². The smallest absolute Gasteiger partial charge is 0.250 e. The van der Waals surface area contributed by atoms with Crippen molar-refractivity contribution in [2.45, 2.75) is 19.0 Å². The zero-order valence-electron chi connectivity index (χ0n) is 11.3. The Balaban J connectivity index is 2.44. The summed E-state index contributed by atoms with van der Waals surface area (Å²) in [4.78, 5) is 7.69. The van der Waals surface area contributed by atoms with E-state index in [-0.39, 0.29) is 10.3 Å². The number of sulfone groups is 1. The van der Waals surface area contributed by atoms with Gasteiger partial charge in [0.25, 0.3) is 0 Å². The van der Waals surface area contributed by atoms with Crippen LogP contribution in [0, 0.1) is 13.8 Å². The van der Waals surface area contributed by atoms with Crippen molar-refractivity contribution in [1.29, 1.82) is 0 Å². The minimum Gasteiger partial charge on any atom is -0.340 e. The van der Waals surface area contributed by atoms with Crippen LogP contribution in [-0.4, -0.2) is 24.6 Å². The molecule has 20 heavy (non-hydrogen) atoms. The lowest BCUT2D eigenvalue weighted by molar-refractivity contribution is 0.593. The Labute approximate surface area is 123 Å². The number of hydrogen-bond donors (Lipinski definition) is 1. The molecule has 1 aromatic heterocycles. The third kappa shape index (κ3) is 3.26. The highest BCUT2D eigenvalue weighted by Crippen LogP contribution is 2.23. The summed E-state index contributed by atoms with van der Waals surface area (Å²) in [6.07, 6.45) is 1.04. The maximum absolute atomic E-state index is 11.5. The van der Waals surface area contributed by atoms with Gasteiger partial charge in [-0.1, -0.05) is 23.7 Å². The van der Waals surface area contributed by atoms with E-state index >= 15 is 0 Å². The summed E-state index contributed by atoms with van der Waals surface area (Å²) in [7, 11) is -3.51. The van der Waals surface area contributed by atoms with Crippen LogP contribution in [0.5, 0.6) is 0 Å². The third-order valence-electron chi connectivity index (χ3n) is 2.87. The molecule has 2 rings (SSSR count). The minimum atomic E-state index is -3.51. The molecular weight excluding hydrogens is 298 g/mol. The van der Waals surface area contributed by atoms with Crippen LogP contribution >= 0.6 is 11.6 Å². The van der Waals surface area contributed by atoms with Gasteiger partial charge in [0.1, 0.15) is 11.0 Å². The first-order valence-corrected chi connectivity index (χ1v) is 8.12. The fraction of sp³-hybridized carbons (Fsp3) is 0.231. The molecule has 106 valence electrons. The van der Waals surface area contributed by atoms with E-state index in [9.17, 15) is 8.42 Å². The van der Waals surface area contributed by atoms with Crippen molar-refractivity contribution < 1.29 is 8.42 Å². The summed E-state index contributed by atoms with van der Waals surface area (Å²) in [5, 5.41) is 2.85. The molecule has 0 atom stereocenters. The normalized spacial score (nSPS) is 11.4. The number of anilines is 2. The van der Waals surface area contributed by atoms with E-state index in [4.69, 9.17) is 11.6 Å². The Bertz CT molecular complexity index is 760. The molecule has 0 saturated carbocycles. The van der Waals surface area contributed by atoms with Gasteiger partial charge in [-0.3, -0.25) is 0 Å². The van der Waals surface area contributed by atoms with Gasteiger partial charge in [-0.05, 0) is 31.0 Å². The van der Waals surface area contributed by atoms with Gasteiger partial charge in [0.05, 0.1) is 0 Å². The SMILES string of the molecule is Cc1cccc(Nc2cc(Cl)nc(S(C)(=O)=O)n2)c1C. The van der Waals surface area contributed by atoms with Crippen molar-refractivity contribution in [1.82, 2.24) is 9.97 Å². The van der Waals surface area contributed by atoms with Gasteiger partial charge in [0, 0.05) is 18.0 Å². The number of aryl methyl sites for hydroxylation is 1. The van der Waals surface area contributed by atoms with Gasteiger partial charge in [-0.15, -0.1) is 0 Å². The number of halogens is 1. The highest BCUT2D eigenvalue weighted by atomic mass is 35.5. The first kappa shape index (κ1) is 14.7. The van der Waals surface area contributed by atoms with Crippen molar-refractivity contribution in [2.24, 2.45) is 0 Å². The molecule has 1 aromatic carbocycles. The summed E-state index contributed by atoms with van der Waals surface area (Å²) < 4.78 is 23.0. The molecular formula is C13H14ClN3O2S. The van der Waals surface area contributed by atoms with E-state index in [1.54, 1.807) is 0 Å². The molecule has 2 aromatic rings. The van der Waals surface area contributed by atoms with Crippen LogP contribution < -0.4 is 5.32 Å². The Hall–Kier alpha value is -1.66. The van der Waals surface area contributed by atoms with Crippen LogP contribution in [-0.2, 0) is 9.84 Å². The van der Waals surface area contributed by atoms with E-state index < -0.39 is 9.84 Å². The molecule has 0 aliphatic rings. The zero-order chi connectivity index (χ0) is 14.9. The predicted octanol–water partition coefficient (Wildman–Crippen LogP) is 2.89. The average molecular weight is 312 g/mol. The van der Waals surface area contributed by atoms with Crippen LogP contribution in [0.15, 0.2) is 29.4 Å². The Morgan fingerprint density at radius 2 is 1.90 bits per heavy atom. The van der Waals surface area contributed by atoms with Crippen molar-refractivity contribution in [3.05, 3.63) is 40.5 Å². The van der Waals surface area contributed by atoms with Crippen LogP contribution in [0.25, 0.3) is 0 Å². The highest BCUT2D eigenvalue weighted by Gasteiger charge is 2.14. The van der Waals surface area contributed by atoms with Crippen LogP contribution in [0.4, 0.5) is 11.5 Å². The molecule has 0 amide bonds. The second-order valence-electron chi connectivity index (χ2n) is 4.50. The van der Waals surface area contributed by atoms with E-state index in [1.807, 2.05) is 32.0 Å². The largest absolute Gasteiger partial charge is 0.340 e. The van der Waals surface area contributed by atoms with E-state index in [1.165, 1.54) is 6.07 Å². The summed E-state index contributed by atoms with van der Waals surface area (Å²) in [6, 6.07) is 7.27. The topological polar surface area (TPSA) is 72.0 Å². The van der Waals surface area contributed by atoms with Gasteiger partial charge in [0.15, 0.2) is 0 Å². The molecule has 0 bridgehead atoms. The lowest BCUT2D eigenvalue weighted by Gasteiger charge is -2.11. The monoisotopic (exact) mass is 311 g/mol. The molecule has 0 unspecified atom stereocenters. The summed E-state index contributed by atoms with van der Waals surface area (Å²) in [5.41, 5.74) is 3.03. The van der Waals surface area contributed by atoms with Crippen LogP contribution in [0.3, 0.4) is 0 Å². The first-order valence-electron chi connectivity index (χ1n) is 5.85. The molecule has 1 heterocycles. The molecule has 0 fully saturated rings. The average Bonchev–Trinajstić information content (AvgIpc) is 2.33. The number of benzene rings is 1. The summed E-state index contributed by atoms with van der Waals surface area (Å²) >= 11 is 5.84. The maximum atomic E-state index is 11.5. The first-order chi connectivity index (χ1) is 9.27. The number of nitrogens with zero attached hydrogens (tertiary/aromatic N) is 2. The summed E-state index contributed by atoms with van der Waals surface area (Å²) in [5.74, 6) is 0.346. The molecule has 0 saturated heterocycles. The standard InChI is InChI=1S/C13H14ClN3O2S/c1-8-5-4-6-10(9(8)2)15-12-7-11(14)16-13(17-12)20(3,18)19/h4-7H,1-3H3,(H,15,16,17). The molecule has 0 aliphatic carbocycles. The summed E-state index contributed by atoms with van der Waals surface area (Å²) in [6.45, 7) is 3.97. The lowest BCUT2D eigenvalue weighted by Crippen LogP contribution is -2.07. The molecule has 0 aliphatic heterocycles. The van der Waals surface area contributed by atoms with Crippen molar-refractivity contribution in [3.8, 4) is 0 Å². The van der Waals surface area contributed by atoms with Gasteiger partial charge in [0.2, 0.25) is 15.0 Å². The number of aromatic nitrogens is 2. The fourth-order valence-electron chi connectivity index (χ4n) is 1.65. The molecule has 7 heteroatoms. The predicted molar refractivity (Wildman–Crippen MR) is 79.4 cm³/mol. The van der Waals surface area contributed by atoms with E-state index in [0.717, 1.165) is 23.1 Å². The second-order valence-corrected chi connectivity index (χ2v) is 6.80. The minimum absolute atomic E-state index is 0.0771. The number of hydrogen-bond acceptors (Lipinski definition) is 5. The van der Waals surface area contributed by atoms with Crippen molar-refractivity contribution in [2.75, 3.05) is 11.6 Å². The zero-order valence-corrected chi connectivity index (χ0v) is 12.9. The highest BCUT2D eigenvalue weighted by molar-refractivity contribution is 7.90. The molecule has 0 spiro atoms. The van der Waals surface area contributed by atoms with E-state index in [0.29, 0.717) is 5.82 Å². The third-order valence-corrected chi connectivity index (χ3v) is 3.91. The van der Waals surface area contributed by atoms with Crippen LogP contribution in [0.2, 0.25) is 5.15 Å². The number of nitrogens with one attached hydrogen (secondary N) is 1. The van der Waals surface area contributed by atoms with Crippen molar-refractivity contribution in [3.63, 3.8) is 0 Å². The number of rotatable bonds is 3. The maximum Gasteiger partial charge on any atom is 0.250 e. The van der Waals surface area contributed by atoms with E-state index in [2.05, 4.69) is 15.3 Å². The second kappa shape index (κ2) is 5.38. The molecule has 1 N–H and O–H groups in total. The Morgan fingerprint density at radius 1 is 1.20 bits per heavy atom. The van der Waals surface area contributed by atoms with Crippen LogP contribution in [0.1, 0.15) is 11.1 Å². The quantitative estimate of drug-likeness (QED) is 0.697. The Morgan fingerprint density at radius 3 is 2.55 bits per heavy atom. The van der Waals surface area contributed by atoms with Gasteiger partial charge >= 0.3 is 0 Å². The van der Waals surface area contributed by atoms with Gasteiger partial charge in [-0.2, -0.15) is 0 Å². The van der Waals surface area contributed by atoms with Crippen molar-refractivity contribution >= 4 is 32.9 Å². The fourth-order valence-corrected chi connectivity index (χ4v) is 2.41. The van der Waals surface area contributed by atoms with Gasteiger partial charge < -0.3 is 5.32 Å². The Kier molecular flexibility index (Phi) is 3.96. The molecule has 0 radical (unpaired) electrons. The molecule has 5 nitrogen and oxygen atoms in total.